The van der Waals surface area contributed by atoms with Crippen LogP contribution in [0, 0.1) is 12.8 Å². The number of halogens is 3. The van der Waals surface area contributed by atoms with Crippen LogP contribution in [0.2, 0.25) is 0 Å². The van der Waals surface area contributed by atoms with Crippen molar-refractivity contribution in [3.63, 3.8) is 0 Å². The number of aryl methyl sites for hydroxylation is 1. The van der Waals surface area contributed by atoms with Crippen molar-refractivity contribution in [3.05, 3.63) is 35.4 Å². The summed E-state index contributed by atoms with van der Waals surface area (Å²) >= 11 is 0. The van der Waals surface area contributed by atoms with E-state index in [0.29, 0.717) is 11.6 Å². The van der Waals surface area contributed by atoms with Gasteiger partial charge in [-0.05, 0) is 62.5 Å². The van der Waals surface area contributed by atoms with Crippen molar-refractivity contribution in [1.82, 2.24) is 15.1 Å². The Bertz CT molecular complexity index is 1040. The zero-order valence-corrected chi connectivity index (χ0v) is 20.2. The molecule has 184 valence electrons. The fourth-order valence-corrected chi connectivity index (χ4v) is 4.21. The lowest BCUT2D eigenvalue weighted by Gasteiger charge is -2.27. The zero-order valence-electron chi connectivity index (χ0n) is 19.4. The summed E-state index contributed by atoms with van der Waals surface area (Å²) in [7, 11) is -3.78. The van der Waals surface area contributed by atoms with Crippen LogP contribution in [-0.4, -0.2) is 49.4 Å². The molecule has 7 nitrogen and oxygen atoms in total. The third-order valence-electron chi connectivity index (χ3n) is 4.97. The van der Waals surface area contributed by atoms with E-state index in [4.69, 9.17) is 5.73 Å². The summed E-state index contributed by atoms with van der Waals surface area (Å²) < 4.78 is 63.5. The van der Waals surface area contributed by atoms with Gasteiger partial charge in [-0.2, -0.15) is 13.2 Å². The van der Waals surface area contributed by atoms with Gasteiger partial charge in [-0.3, -0.25) is 4.72 Å². The van der Waals surface area contributed by atoms with E-state index in [1.165, 1.54) is 45.0 Å². The summed E-state index contributed by atoms with van der Waals surface area (Å²) in [4.78, 5) is 2.59. The molecule has 0 saturated carbocycles. The summed E-state index contributed by atoms with van der Waals surface area (Å²) in [6.45, 7) is 10.2. The Morgan fingerprint density at radius 3 is 2.27 bits per heavy atom. The molecule has 1 aromatic carbocycles. The quantitative estimate of drug-likeness (QED) is 0.642. The molecule has 3 rings (SSSR count). The number of sulfonamides is 1. The number of nitrogens with one attached hydrogen (secondary N) is 1. The molecule has 1 aromatic heterocycles. The predicted molar refractivity (Wildman–Crippen MR) is 125 cm³/mol. The minimum absolute atomic E-state index is 0.149. The number of anilines is 2. The van der Waals surface area contributed by atoms with Crippen LogP contribution >= 0.6 is 0 Å². The second kappa shape index (κ2) is 11.1. The molecule has 0 spiro atoms. The molecule has 0 bridgehead atoms. The number of rotatable bonds is 5. The fraction of sp³-hybridized carbons (Fsp3) is 0.545. The molecule has 0 atom stereocenters. The molecule has 1 aliphatic heterocycles. The highest BCUT2D eigenvalue weighted by Gasteiger charge is 2.31. The first kappa shape index (κ1) is 26.8. The van der Waals surface area contributed by atoms with Crippen LogP contribution in [0.1, 0.15) is 44.2 Å². The summed E-state index contributed by atoms with van der Waals surface area (Å²) in [6.07, 6.45) is 0.543. The summed E-state index contributed by atoms with van der Waals surface area (Å²) in [5, 5.41) is 7.49. The van der Waals surface area contributed by atoms with Gasteiger partial charge in [0.05, 0.1) is 23.2 Å². The van der Waals surface area contributed by atoms with E-state index < -0.39 is 21.8 Å². The first-order chi connectivity index (χ1) is 15.3. The predicted octanol–water partition coefficient (Wildman–Crippen LogP) is 4.55. The van der Waals surface area contributed by atoms with Gasteiger partial charge in [-0.15, -0.1) is 10.2 Å². The van der Waals surface area contributed by atoms with Crippen molar-refractivity contribution in [2.24, 2.45) is 5.92 Å². The molecule has 2 aromatic rings. The molecular weight excluding hydrogens is 455 g/mol. The lowest BCUT2D eigenvalue weighted by molar-refractivity contribution is -0.137. The van der Waals surface area contributed by atoms with Gasteiger partial charge in [0, 0.05) is 12.1 Å². The number of alkyl halides is 3. The fourth-order valence-electron chi connectivity index (χ4n) is 3.64. The summed E-state index contributed by atoms with van der Waals surface area (Å²) in [5.74, 6) is 0.994. The Morgan fingerprint density at radius 1 is 1.12 bits per heavy atom. The number of nitrogen functional groups attached to an aromatic ring is 1. The number of hydrogen-bond acceptors (Lipinski definition) is 6. The van der Waals surface area contributed by atoms with Crippen LogP contribution in [0.25, 0.3) is 11.3 Å². The molecule has 3 N–H and O–H groups in total. The average Bonchev–Trinajstić information content (AvgIpc) is 2.67. The van der Waals surface area contributed by atoms with Gasteiger partial charge in [0.15, 0.2) is 0 Å². The van der Waals surface area contributed by atoms with E-state index in [1.807, 2.05) is 0 Å². The van der Waals surface area contributed by atoms with E-state index in [-0.39, 0.29) is 22.8 Å². The number of hydrogen-bond donors (Lipinski definition) is 2. The molecule has 33 heavy (non-hydrogen) atoms. The molecule has 1 fully saturated rings. The monoisotopic (exact) mass is 487 g/mol. The molecule has 0 amide bonds. The number of nitrogens with zero attached hydrogens (tertiary/aromatic N) is 3. The topological polar surface area (TPSA) is 101 Å². The van der Waals surface area contributed by atoms with E-state index >= 15 is 0 Å². The molecule has 11 heteroatoms. The zero-order chi connectivity index (χ0) is 24.8. The highest BCUT2D eigenvalue weighted by molar-refractivity contribution is 7.92. The third kappa shape index (κ3) is 8.81. The molecule has 0 radical (unpaired) electrons. The van der Waals surface area contributed by atoms with Crippen LogP contribution in [-0.2, 0) is 16.2 Å². The van der Waals surface area contributed by atoms with Crippen LogP contribution in [0.3, 0.4) is 0 Å². The van der Waals surface area contributed by atoms with Crippen molar-refractivity contribution in [2.75, 3.05) is 36.3 Å². The molecule has 0 unspecified atom stereocenters. The van der Waals surface area contributed by atoms with Gasteiger partial charge in [0.2, 0.25) is 10.0 Å². The highest BCUT2D eigenvalue weighted by atomic mass is 32.2. The second-order valence-corrected chi connectivity index (χ2v) is 10.4. The van der Waals surface area contributed by atoms with Crippen LogP contribution in [0.5, 0.6) is 0 Å². The Morgan fingerprint density at radius 2 is 1.76 bits per heavy atom. The Hall–Kier alpha value is -2.40. The molecular formula is C22H32F3N5O2S. The number of nitrogens with two attached hydrogens (primary N) is 1. The Balaban J connectivity index is 0.000000321. The molecule has 1 aliphatic rings. The first-order valence-corrected chi connectivity index (χ1v) is 12.7. The van der Waals surface area contributed by atoms with Gasteiger partial charge in [0.25, 0.3) is 0 Å². The maximum Gasteiger partial charge on any atom is 0.416 e. The molecule has 1 saturated heterocycles. The number of aromatic nitrogens is 2. The van der Waals surface area contributed by atoms with E-state index in [1.54, 1.807) is 6.92 Å². The van der Waals surface area contributed by atoms with Gasteiger partial charge >= 0.3 is 6.18 Å². The lowest BCUT2D eigenvalue weighted by atomic mass is 10.0. The Kier molecular flexibility index (Phi) is 9.07. The standard InChI is InChI=1S/C13H13F3N4O2S.C9H19N/c1-7-5-11(17)18-19-12(7)9-4-3-8(13(14,15)16)6-10(9)20-23(2,21)22;1-9(2)8-10-6-4-3-5-7-10/h3-6,20H,1-2H3,(H2,17,18);9H,3-8H2,1-2H3. The minimum atomic E-state index is -4.60. The van der Waals surface area contributed by atoms with Crippen molar-refractivity contribution in [3.8, 4) is 11.3 Å². The highest BCUT2D eigenvalue weighted by Crippen LogP contribution is 2.36. The Labute approximate surface area is 193 Å². The number of benzene rings is 1. The van der Waals surface area contributed by atoms with Crippen molar-refractivity contribution in [2.45, 2.75) is 46.2 Å². The van der Waals surface area contributed by atoms with E-state index in [9.17, 15) is 21.6 Å². The maximum atomic E-state index is 12.8. The summed E-state index contributed by atoms with van der Waals surface area (Å²) in [5.41, 5.74) is 5.24. The largest absolute Gasteiger partial charge is 0.416 e. The summed E-state index contributed by atoms with van der Waals surface area (Å²) in [6, 6.07) is 4.20. The van der Waals surface area contributed by atoms with Gasteiger partial charge in [0.1, 0.15) is 5.82 Å². The molecule has 0 aliphatic carbocycles. The molecule has 2 heterocycles. The maximum absolute atomic E-state index is 12.8. The van der Waals surface area contributed by atoms with Gasteiger partial charge < -0.3 is 10.6 Å². The number of likely N-dealkylation sites (tertiary alicyclic amines) is 1. The third-order valence-corrected chi connectivity index (χ3v) is 5.56. The van der Waals surface area contributed by atoms with E-state index in [0.717, 1.165) is 24.3 Å². The van der Waals surface area contributed by atoms with Crippen LogP contribution < -0.4 is 10.5 Å². The van der Waals surface area contributed by atoms with Crippen LogP contribution in [0.15, 0.2) is 24.3 Å². The second-order valence-electron chi connectivity index (χ2n) is 8.69. The first-order valence-electron chi connectivity index (χ1n) is 10.8. The SMILES string of the molecule is CC(C)CN1CCCCC1.Cc1cc(N)nnc1-c1ccc(C(F)(F)F)cc1NS(C)(=O)=O. The lowest BCUT2D eigenvalue weighted by Crippen LogP contribution is -2.32. The minimum Gasteiger partial charge on any atom is -0.382 e. The van der Waals surface area contributed by atoms with Crippen molar-refractivity contribution in [1.29, 1.82) is 0 Å². The van der Waals surface area contributed by atoms with Gasteiger partial charge in [-0.25, -0.2) is 8.42 Å². The average molecular weight is 488 g/mol. The normalized spacial score (nSPS) is 15.2. The van der Waals surface area contributed by atoms with Crippen molar-refractivity contribution < 1.29 is 21.6 Å². The van der Waals surface area contributed by atoms with Crippen molar-refractivity contribution >= 4 is 21.5 Å². The van der Waals surface area contributed by atoms with Crippen LogP contribution in [0.4, 0.5) is 24.7 Å². The van der Waals surface area contributed by atoms with Gasteiger partial charge in [-0.1, -0.05) is 26.3 Å². The smallest absolute Gasteiger partial charge is 0.382 e. The number of piperidine rings is 1. The van der Waals surface area contributed by atoms with E-state index in [2.05, 4.69) is 33.7 Å².